The van der Waals surface area contributed by atoms with E-state index in [-0.39, 0.29) is 17.4 Å². The van der Waals surface area contributed by atoms with Gasteiger partial charge in [-0.25, -0.2) is 4.98 Å². The SMILES string of the molecule is CC(C)c1nccn1-c1cc(N)cc(C(=O)NC(C)(C)C)c1. The monoisotopic (exact) mass is 300 g/mol. The minimum atomic E-state index is -0.292. The number of nitrogens with two attached hydrogens (primary N) is 1. The molecule has 2 rings (SSSR count). The Bertz CT molecular complexity index is 680. The number of carbonyl (C=O) groups excluding carboxylic acids is 1. The summed E-state index contributed by atoms with van der Waals surface area (Å²) in [5.41, 5.74) is 7.64. The molecule has 5 heteroatoms. The molecule has 0 aliphatic carbocycles. The summed E-state index contributed by atoms with van der Waals surface area (Å²) in [7, 11) is 0. The van der Waals surface area contributed by atoms with E-state index in [2.05, 4.69) is 24.1 Å². The topological polar surface area (TPSA) is 72.9 Å². The van der Waals surface area contributed by atoms with Gasteiger partial charge in [-0.3, -0.25) is 4.79 Å². The van der Waals surface area contributed by atoms with E-state index in [9.17, 15) is 4.79 Å². The van der Waals surface area contributed by atoms with Gasteiger partial charge in [0.1, 0.15) is 5.82 Å². The predicted molar refractivity (Wildman–Crippen MR) is 89.3 cm³/mol. The van der Waals surface area contributed by atoms with E-state index < -0.39 is 0 Å². The van der Waals surface area contributed by atoms with Crippen molar-refractivity contribution in [1.29, 1.82) is 0 Å². The summed E-state index contributed by atoms with van der Waals surface area (Å²) in [6.45, 7) is 10.0. The normalized spacial score (nSPS) is 11.7. The molecule has 0 unspecified atom stereocenters. The summed E-state index contributed by atoms with van der Waals surface area (Å²) in [4.78, 5) is 16.7. The van der Waals surface area contributed by atoms with Gasteiger partial charge in [-0.2, -0.15) is 0 Å². The first-order chi connectivity index (χ1) is 10.2. The average Bonchev–Trinajstić information content (AvgIpc) is 2.85. The highest BCUT2D eigenvalue weighted by molar-refractivity contribution is 5.96. The van der Waals surface area contributed by atoms with Gasteiger partial charge in [-0.05, 0) is 39.0 Å². The number of imidazole rings is 1. The third kappa shape index (κ3) is 3.67. The minimum Gasteiger partial charge on any atom is -0.399 e. The second-order valence-electron chi connectivity index (χ2n) is 6.83. The van der Waals surface area contributed by atoms with Crippen LogP contribution in [0.25, 0.3) is 5.69 Å². The van der Waals surface area contributed by atoms with Gasteiger partial charge in [0.15, 0.2) is 0 Å². The Balaban J connectivity index is 2.43. The van der Waals surface area contributed by atoms with Gasteiger partial charge in [0, 0.05) is 40.8 Å². The van der Waals surface area contributed by atoms with Crippen molar-refractivity contribution in [2.75, 3.05) is 5.73 Å². The van der Waals surface area contributed by atoms with Gasteiger partial charge < -0.3 is 15.6 Å². The standard InChI is InChI=1S/C17H24N4O/c1-11(2)15-19-6-7-21(15)14-9-12(8-13(18)10-14)16(22)20-17(3,4)5/h6-11H,18H2,1-5H3,(H,20,22). The number of nitrogens with one attached hydrogen (secondary N) is 1. The molecule has 0 fully saturated rings. The van der Waals surface area contributed by atoms with E-state index in [0.717, 1.165) is 11.5 Å². The fraction of sp³-hybridized carbons (Fsp3) is 0.412. The molecule has 1 amide bonds. The first-order valence-corrected chi connectivity index (χ1v) is 7.44. The highest BCUT2D eigenvalue weighted by Gasteiger charge is 2.17. The molecular formula is C17H24N4O. The van der Waals surface area contributed by atoms with Crippen LogP contribution >= 0.6 is 0 Å². The second kappa shape index (κ2) is 5.83. The molecule has 0 saturated carbocycles. The molecule has 0 aliphatic rings. The van der Waals surface area contributed by atoms with Crippen molar-refractivity contribution in [3.05, 3.63) is 42.0 Å². The third-order valence-electron chi connectivity index (χ3n) is 3.15. The lowest BCUT2D eigenvalue weighted by Gasteiger charge is -2.21. The van der Waals surface area contributed by atoms with Crippen LogP contribution in [0.5, 0.6) is 0 Å². The number of hydrogen-bond acceptors (Lipinski definition) is 3. The number of benzene rings is 1. The summed E-state index contributed by atoms with van der Waals surface area (Å²) >= 11 is 0. The number of rotatable bonds is 3. The molecule has 0 spiro atoms. The van der Waals surface area contributed by atoms with Crippen LogP contribution in [0.15, 0.2) is 30.6 Å². The van der Waals surface area contributed by atoms with Gasteiger partial charge in [0.25, 0.3) is 5.91 Å². The molecule has 0 saturated heterocycles. The van der Waals surface area contributed by atoms with E-state index in [1.807, 2.05) is 43.7 Å². The number of anilines is 1. The van der Waals surface area contributed by atoms with Crippen LogP contribution in [-0.4, -0.2) is 21.0 Å². The number of aromatic nitrogens is 2. The van der Waals surface area contributed by atoms with Crippen molar-refractivity contribution in [1.82, 2.24) is 14.9 Å². The Morgan fingerprint density at radius 2 is 1.95 bits per heavy atom. The molecule has 22 heavy (non-hydrogen) atoms. The molecule has 1 heterocycles. The molecule has 0 aliphatic heterocycles. The number of carbonyl (C=O) groups is 1. The van der Waals surface area contributed by atoms with Gasteiger partial charge in [0.05, 0.1) is 0 Å². The van der Waals surface area contributed by atoms with Gasteiger partial charge in [-0.1, -0.05) is 13.8 Å². The van der Waals surface area contributed by atoms with E-state index >= 15 is 0 Å². The summed E-state index contributed by atoms with van der Waals surface area (Å²) in [6.07, 6.45) is 3.64. The van der Waals surface area contributed by atoms with Crippen LogP contribution in [0.4, 0.5) is 5.69 Å². The fourth-order valence-electron chi connectivity index (χ4n) is 2.28. The lowest BCUT2D eigenvalue weighted by Crippen LogP contribution is -2.40. The van der Waals surface area contributed by atoms with Gasteiger partial charge >= 0.3 is 0 Å². The van der Waals surface area contributed by atoms with Crippen molar-refractivity contribution in [3.63, 3.8) is 0 Å². The highest BCUT2D eigenvalue weighted by Crippen LogP contribution is 2.21. The average molecular weight is 300 g/mol. The largest absolute Gasteiger partial charge is 0.399 e. The molecule has 2 aromatic rings. The Hall–Kier alpha value is -2.30. The molecule has 0 atom stereocenters. The van der Waals surface area contributed by atoms with Crippen LogP contribution in [0.2, 0.25) is 0 Å². The Morgan fingerprint density at radius 1 is 1.27 bits per heavy atom. The van der Waals surface area contributed by atoms with Crippen molar-refractivity contribution >= 4 is 11.6 Å². The lowest BCUT2D eigenvalue weighted by molar-refractivity contribution is 0.0919. The number of amides is 1. The maximum Gasteiger partial charge on any atom is 0.251 e. The smallest absolute Gasteiger partial charge is 0.251 e. The molecule has 1 aromatic heterocycles. The lowest BCUT2D eigenvalue weighted by atomic mass is 10.1. The van der Waals surface area contributed by atoms with Crippen molar-refractivity contribution in [2.24, 2.45) is 0 Å². The first kappa shape index (κ1) is 16.1. The van der Waals surface area contributed by atoms with Gasteiger partial charge in [-0.15, -0.1) is 0 Å². The van der Waals surface area contributed by atoms with Crippen molar-refractivity contribution < 1.29 is 4.79 Å². The summed E-state index contributed by atoms with van der Waals surface area (Å²) in [5, 5.41) is 2.95. The number of hydrogen-bond donors (Lipinski definition) is 2. The molecule has 0 bridgehead atoms. The maximum absolute atomic E-state index is 12.4. The van der Waals surface area contributed by atoms with Crippen LogP contribution in [0, 0.1) is 0 Å². The molecule has 0 radical (unpaired) electrons. The Labute approximate surface area is 131 Å². The molecule has 5 nitrogen and oxygen atoms in total. The molecular weight excluding hydrogens is 276 g/mol. The van der Waals surface area contributed by atoms with Crippen LogP contribution < -0.4 is 11.1 Å². The maximum atomic E-state index is 12.4. The summed E-state index contributed by atoms with van der Waals surface area (Å²) < 4.78 is 1.97. The summed E-state index contributed by atoms with van der Waals surface area (Å²) in [6, 6.07) is 5.38. The zero-order valence-electron chi connectivity index (χ0n) is 13.8. The van der Waals surface area contributed by atoms with Crippen molar-refractivity contribution in [2.45, 2.75) is 46.1 Å². The number of nitrogens with zero attached hydrogens (tertiary/aromatic N) is 2. The highest BCUT2D eigenvalue weighted by atomic mass is 16.1. The summed E-state index contributed by atoms with van der Waals surface area (Å²) in [5.74, 6) is 1.09. The molecule has 3 N–H and O–H groups in total. The quantitative estimate of drug-likeness (QED) is 0.855. The first-order valence-electron chi connectivity index (χ1n) is 7.44. The van der Waals surface area contributed by atoms with E-state index in [4.69, 9.17) is 5.73 Å². The van der Waals surface area contributed by atoms with Gasteiger partial charge in [0.2, 0.25) is 0 Å². The predicted octanol–water partition coefficient (Wildman–Crippen LogP) is 3.11. The Morgan fingerprint density at radius 3 is 2.55 bits per heavy atom. The van der Waals surface area contributed by atoms with E-state index in [0.29, 0.717) is 11.3 Å². The molecule has 118 valence electrons. The van der Waals surface area contributed by atoms with E-state index in [1.165, 1.54) is 0 Å². The minimum absolute atomic E-state index is 0.132. The number of nitrogen functional groups attached to an aromatic ring is 1. The molecule has 1 aromatic carbocycles. The third-order valence-corrected chi connectivity index (χ3v) is 3.15. The van der Waals surface area contributed by atoms with Crippen molar-refractivity contribution in [3.8, 4) is 5.69 Å². The zero-order valence-corrected chi connectivity index (χ0v) is 13.8. The van der Waals surface area contributed by atoms with Crippen LogP contribution in [-0.2, 0) is 0 Å². The zero-order chi connectivity index (χ0) is 16.5. The fourth-order valence-corrected chi connectivity index (χ4v) is 2.28. The van der Waals surface area contributed by atoms with Crippen LogP contribution in [0.1, 0.15) is 56.7 Å². The van der Waals surface area contributed by atoms with E-state index in [1.54, 1.807) is 12.3 Å². The second-order valence-corrected chi connectivity index (χ2v) is 6.83. The van der Waals surface area contributed by atoms with Crippen LogP contribution in [0.3, 0.4) is 0 Å². The Kier molecular flexibility index (Phi) is 4.26.